The molecule has 2 saturated heterocycles. The zero-order valence-corrected chi connectivity index (χ0v) is 18.7. The van der Waals surface area contributed by atoms with Crippen LogP contribution in [-0.4, -0.2) is 73.3 Å². The number of halogens is 1. The molecule has 2 heterocycles. The largest absolute Gasteiger partial charge is 0.342 e. The maximum absolute atomic E-state index is 13.2. The third-order valence-electron chi connectivity index (χ3n) is 6.07. The zero-order valence-electron chi connectivity index (χ0n) is 18.7. The first kappa shape index (κ1) is 23.2. The van der Waals surface area contributed by atoms with Gasteiger partial charge in [-0.25, -0.2) is 4.39 Å². The summed E-state index contributed by atoms with van der Waals surface area (Å²) >= 11 is 0. The van der Waals surface area contributed by atoms with E-state index in [-0.39, 0.29) is 29.5 Å². The summed E-state index contributed by atoms with van der Waals surface area (Å²) in [4.78, 5) is 42.5. The molecular formula is C23H34FN4O3+. The van der Waals surface area contributed by atoms with E-state index in [0.29, 0.717) is 64.3 Å². The molecule has 0 bridgehead atoms. The Hall–Kier alpha value is -2.48. The monoisotopic (exact) mass is 433 g/mol. The normalized spacial score (nSPS) is 18.7. The van der Waals surface area contributed by atoms with Gasteiger partial charge in [0.05, 0.1) is 26.2 Å². The van der Waals surface area contributed by atoms with Crippen LogP contribution in [0.25, 0.3) is 0 Å². The Labute approximate surface area is 183 Å². The van der Waals surface area contributed by atoms with E-state index >= 15 is 0 Å². The SMILES string of the molecule is CC(C)(C)C(=O)N1CCC(C(=O)N2CC[NH+](CC(=O)Nc3cccc(F)c3)CC2)CC1. The van der Waals surface area contributed by atoms with Gasteiger partial charge in [0.25, 0.3) is 5.91 Å². The lowest BCUT2D eigenvalue weighted by Gasteiger charge is -2.38. The molecule has 2 N–H and O–H groups in total. The molecule has 2 aliphatic heterocycles. The van der Waals surface area contributed by atoms with E-state index in [1.807, 2.05) is 30.6 Å². The molecule has 0 radical (unpaired) electrons. The highest BCUT2D eigenvalue weighted by Crippen LogP contribution is 2.24. The predicted molar refractivity (Wildman–Crippen MR) is 116 cm³/mol. The molecule has 2 fully saturated rings. The van der Waals surface area contributed by atoms with E-state index in [1.165, 1.54) is 12.1 Å². The van der Waals surface area contributed by atoms with Gasteiger partial charge in [-0.2, -0.15) is 0 Å². The molecule has 8 heteroatoms. The number of carbonyl (C=O) groups is 3. The van der Waals surface area contributed by atoms with Crippen molar-refractivity contribution in [1.29, 1.82) is 0 Å². The van der Waals surface area contributed by atoms with Crippen LogP contribution in [0.3, 0.4) is 0 Å². The van der Waals surface area contributed by atoms with Crippen LogP contribution in [0, 0.1) is 17.2 Å². The zero-order chi connectivity index (χ0) is 22.6. The van der Waals surface area contributed by atoms with E-state index in [2.05, 4.69) is 5.32 Å². The van der Waals surface area contributed by atoms with Crippen molar-refractivity contribution in [3.63, 3.8) is 0 Å². The summed E-state index contributed by atoms with van der Waals surface area (Å²) in [5.74, 6) is -0.248. The fourth-order valence-electron chi connectivity index (χ4n) is 4.28. The first-order chi connectivity index (χ1) is 14.6. The van der Waals surface area contributed by atoms with Gasteiger partial charge in [-0.15, -0.1) is 0 Å². The molecule has 7 nitrogen and oxygen atoms in total. The van der Waals surface area contributed by atoms with Crippen molar-refractivity contribution in [2.24, 2.45) is 11.3 Å². The van der Waals surface area contributed by atoms with Crippen LogP contribution in [0.15, 0.2) is 24.3 Å². The first-order valence-electron chi connectivity index (χ1n) is 11.1. The van der Waals surface area contributed by atoms with Crippen molar-refractivity contribution in [2.45, 2.75) is 33.6 Å². The summed E-state index contributed by atoms with van der Waals surface area (Å²) in [6.45, 7) is 10.0. The summed E-state index contributed by atoms with van der Waals surface area (Å²) < 4.78 is 13.2. The first-order valence-corrected chi connectivity index (χ1v) is 11.1. The molecule has 0 unspecified atom stereocenters. The molecule has 3 amide bonds. The lowest BCUT2D eigenvalue weighted by atomic mass is 9.90. The Morgan fingerprint density at radius 3 is 2.29 bits per heavy atom. The Kier molecular flexibility index (Phi) is 7.30. The van der Waals surface area contributed by atoms with Crippen molar-refractivity contribution >= 4 is 23.4 Å². The van der Waals surface area contributed by atoms with Crippen molar-refractivity contribution in [3.05, 3.63) is 30.1 Å². The average Bonchev–Trinajstić information content (AvgIpc) is 2.72. The number of piperidine rings is 1. The van der Waals surface area contributed by atoms with Gasteiger partial charge in [-0.3, -0.25) is 14.4 Å². The maximum Gasteiger partial charge on any atom is 0.279 e. The summed E-state index contributed by atoms with van der Waals surface area (Å²) in [6.07, 6.45) is 1.42. The Balaban J connectivity index is 1.41. The number of likely N-dealkylation sites (tertiary alicyclic amines) is 1. The third-order valence-corrected chi connectivity index (χ3v) is 6.07. The smallest absolute Gasteiger partial charge is 0.279 e. The second-order valence-electron chi connectivity index (χ2n) is 9.63. The van der Waals surface area contributed by atoms with E-state index in [9.17, 15) is 18.8 Å². The van der Waals surface area contributed by atoms with Crippen molar-refractivity contribution in [2.75, 3.05) is 51.1 Å². The molecule has 0 aliphatic carbocycles. The van der Waals surface area contributed by atoms with Gasteiger partial charge in [0, 0.05) is 30.1 Å². The number of amides is 3. The fraction of sp³-hybridized carbons (Fsp3) is 0.609. The fourth-order valence-corrected chi connectivity index (χ4v) is 4.28. The van der Waals surface area contributed by atoms with Crippen LogP contribution in [-0.2, 0) is 14.4 Å². The quantitative estimate of drug-likeness (QED) is 0.737. The number of nitrogens with zero attached hydrogens (tertiary/aromatic N) is 2. The topological polar surface area (TPSA) is 74.2 Å². The molecule has 1 aromatic carbocycles. The Bertz CT molecular complexity index is 807. The number of benzene rings is 1. The molecule has 31 heavy (non-hydrogen) atoms. The molecule has 0 atom stereocenters. The minimum Gasteiger partial charge on any atom is -0.342 e. The number of hydrogen-bond donors (Lipinski definition) is 2. The van der Waals surface area contributed by atoms with E-state index < -0.39 is 5.41 Å². The molecule has 2 aliphatic rings. The molecule has 170 valence electrons. The van der Waals surface area contributed by atoms with Gasteiger partial charge in [0.2, 0.25) is 11.8 Å². The minimum absolute atomic E-state index is 0.0261. The summed E-state index contributed by atoms with van der Waals surface area (Å²) in [6, 6.07) is 5.85. The van der Waals surface area contributed by atoms with E-state index in [4.69, 9.17) is 0 Å². The number of quaternary nitrogens is 1. The van der Waals surface area contributed by atoms with Gasteiger partial charge in [-0.1, -0.05) is 26.8 Å². The van der Waals surface area contributed by atoms with Crippen LogP contribution in [0.4, 0.5) is 10.1 Å². The Morgan fingerprint density at radius 2 is 1.71 bits per heavy atom. The van der Waals surface area contributed by atoms with Crippen molar-refractivity contribution < 1.29 is 23.7 Å². The van der Waals surface area contributed by atoms with Gasteiger partial charge in [0.1, 0.15) is 5.82 Å². The number of carbonyl (C=O) groups excluding carboxylic acids is 3. The van der Waals surface area contributed by atoms with Crippen LogP contribution in [0.5, 0.6) is 0 Å². The predicted octanol–water partition coefficient (Wildman–Crippen LogP) is 0.776. The summed E-state index contributed by atoms with van der Waals surface area (Å²) in [7, 11) is 0. The summed E-state index contributed by atoms with van der Waals surface area (Å²) in [5, 5.41) is 2.73. The highest BCUT2D eigenvalue weighted by Gasteiger charge is 2.35. The van der Waals surface area contributed by atoms with E-state index in [1.54, 1.807) is 12.1 Å². The second-order valence-corrected chi connectivity index (χ2v) is 9.63. The molecular weight excluding hydrogens is 399 g/mol. The van der Waals surface area contributed by atoms with E-state index in [0.717, 1.165) is 4.90 Å². The Morgan fingerprint density at radius 1 is 1.06 bits per heavy atom. The standard InChI is InChI=1S/C23H33FN4O3/c1-23(2,3)22(31)28-9-7-17(8-10-28)21(30)27-13-11-26(12-14-27)16-20(29)25-19-6-4-5-18(24)15-19/h4-6,15,17H,7-14,16H2,1-3H3,(H,25,29)/p+1. The van der Waals surface area contributed by atoms with Gasteiger partial charge in [0.15, 0.2) is 6.54 Å². The second kappa shape index (κ2) is 9.77. The minimum atomic E-state index is -0.392. The highest BCUT2D eigenvalue weighted by atomic mass is 19.1. The molecule has 0 aromatic heterocycles. The lowest BCUT2D eigenvalue weighted by Crippen LogP contribution is -3.15. The molecule has 0 spiro atoms. The third kappa shape index (κ3) is 6.26. The van der Waals surface area contributed by atoms with Crippen LogP contribution in [0.1, 0.15) is 33.6 Å². The molecule has 1 aromatic rings. The van der Waals surface area contributed by atoms with Gasteiger partial charge < -0.3 is 20.0 Å². The van der Waals surface area contributed by atoms with Crippen molar-refractivity contribution in [3.8, 4) is 0 Å². The van der Waals surface area contributed by atoms with Gasteiger partial charge >= 0.3 is 0 Å². The summed E-state index contributed by atoms with van der Waals surface area (Å²) in [5.41, 5.74) is 0.0613. The number of piperazine rings is 1. The van der Waals surface area contributed by atoms with Crippen LogP contribution in [0.2, 0.25) is 0 Å². The van der Waals surface area contributed by atoms with Gasteiger partial charge in [-0.05, 0) is 31.0 Å². The highest BCUT2D eigenvalue weighted by molar-refractivity contribution is 5.91. The van der Waals surface area contributed by atoms with Crippen molar-refractivity contribution in [1.82, 2.24) is 9.80 Å². The molecule has 3 rings (SSSR count). The number of hydrogen-bond acceptors (Lipinski definition) is 3. The van der Waals surface area contributed by atoms with Crippen LogP contribution < -0.4 is 10.2 Å². The van der Waals surface area contributed by atoms with Crippen LogP contribution >= 0.6 is 0 Å². The average molecular weight is 434 g/mol. The number of anilines is 1. The number of rotatable bonds is 4. The lowest BCUT2D eigenvalue weighted by molar-refractivity contribution is -0.895. The molecule has 0 saturated carbocycles. The maximum atomic E-state index is 13.2. The number of nitrogens with one attached hydrogen (secondary N) is 2.